The summed E-state index contributed by atoms with van der Waals surface area (Å²) in [6.07, 6.45) is 1.64. The summed E-state index contributed by atoms with van der Waals surface area (Å²) in [5.74, 6) is 0.812. The van der Waals surface area contributed by atoms with Crippen LogP contribution in [0.2, 0.25) is 0 Å². The summed E-state index contributed by atoms with van der Waals surface area (Å²) >= 11 is 3.29. The van der Waals surface area contributed by atoms with Crippen LogP contribution in [-0.4, -0.2) is 24.1 Å². The monoisotopic (exact) mass is 334 g/mol. The number of fused-ring (bicyclic) bond motifs is 1. The van der Waals surface area contributed by atoms with Crippen molar-refractivity contribution in [3.8, 4) is 11.5 Å². The molecule has 1 aromatic heterocycles. The zero-order valence-corrected chi connectivity index (χ0v) is 12.0. The Kier molecular flexibility index (Phi) is 3.56. The Morgan fingerprint density at radius 3 is 2.90 bits per heavy atom. The molecule has 20 heavy (non-hydrogen) atoms. The first-order valence-electron chi connectivity index (χ1n) is 6.06. The molecule has 0 saturated carbocycles. The zero-order valence-electron chi connectivity index (χ0n) is 10.4. The minimum Gasteiger partial charge on any atom is -0.486 e. The topological polar surface area (TPSA) is 60.5 Å². The van der Waals surface area contributed by atoms with Gasteiger partial charge in [-0.3, -0.25) is 4.79 Å². The van der Waals surface area contributed by atoms with E-state index in [1.165, 1.54) is 0 Å². The van der Waals surface area contributed by atoms with Gasteiger partial charge in [-0.15, -0.1) is 0 Å². The van der Waals surface area contributed by atoms with Crippen molar-refractivity contribution in [1.29, 1.82) is 0 Å². The normalized spacial score (nSPS) is 12.8. The molecular formula is C14H11BrN2O3. The molecule has 0 spiro atoms. The molecule has 2 aromatic rings. The van der Waals surface area contributed by atoms with Crippen molar-refractivity contribution < 1.29 is 14.3 Å². The Morgan fingerprint density at radius 1 is 1.20 bits per heavy atom. The number of pyridine rings is 1. The molecule has 0 radical (unpaired) electrons. The molecule has 1 aliphatic heterocycles. The Bertz CT molecular complexity index is 661. The van der Waals surface area contributed by atoms with Crippen LogP contribution in [-0.2, 0) is 0 Å². The van der Waals surface area contributed by atoms with Crippen molar-refractivity contribution in [2.24, 2.45) is 0 Å². The molecule has 0 bridgehead atoms. The molecule has 0 fully saturated rings. The summed E-state index contributed by atoms with van der Waals surface area (Å²) < 4.78 is 11.6. The van der Waals surface area contributed by atoms with Crippen molar-refractivity contribution in [2.75, 3.05) is 18.5 Å². The molecule has 0 unspecified atom stereocenters. The molecular weight excluding hydrogens is 324 g/mol. The number of nitrogens with one attached hydrogen (secondary N) is 1. The first kappa shape index (κ1) is 12.9. The van der Waals surface area contributed by atoms with E-state index in [0.717, 1.165) is 0 Å². The van der Waals surface area contributed by atoms with E-state index in [1.54, 1.807) is 36.5 Å². The molecule has 1 aliphatic rings. The van der Waals surface area contributed by atoms with E-state index in [-0.39, 0.29) is 5.91 Å². The Labute approximate surface area is 124 Å². The summed E-state index contributed by atoms with van der Waals surface area (Å²) in [5.41, 5.74) is 1.05. The summed E-state index contributed by atoms with van der Waals surface area (Å²) in [6.45, 7) is 0.931. The average Bonchev–Trinajstić information content (AvgIpc) is 2.49. The fraction of sp³-hybridized carbons (Fsp3) is 0.143. The Balaban J connectivity index is 1.90. The van der Waals surface area contributed by atoms with Crippen LogP contribution in [0.15, 0.2) is 41.1 Å². The largest absolute Gasteiger partial charge is 0.486 e. The highest BCUT2D eigenvalue weighted by Crippen LogP contribution is 2.34. The molecule has 0 aliphatic carbocycles. The summed E-state index contributed by atoms with van der Waals surface area (Å²) in [6, 6.07) is 8.77. The highest BCUT2D eigenvalue weighted by molar-refractivity contribution is 9.10. The number of carbonyl (C=O) groups is 1. The van der Waals surface area contributed by atoms with Gasteiger partial charge in [0.15, 0.2) is 11.5 Å². The van der Waals surface area contributed by atoms with E-state index < -0.39 is 0 Å². The van der Waals surface area contributed by atoms with Crippen LogP contribution in [0.25, 0.3) is 0 Å². The molecule has 0 saturated heterocycles. The Hall–Kier alpha value is -2.08. The lowest BCUT2D eigenvalue weighted by Gasteiger charge is -2.20. The van der Waals surface area contributed by atoms with Gasteiger partial charge in [-0.05, 0) is 40.2 Å². The number of anilines is 1. The minimum atomic E-state index is -0.263. The van der Waals surface area contributed by atoms with Crippen LogP contribution in [0.4, 0.5) is 5.69 Å². The lowest BCUT2D eigenvalue weighted by Crippen LogP contribution is -2.20. The summed E-state index contributed by atoms with van der Waals surface area (Å²) in [4.78, 5) is 16.4. The second kappa shape index (κ2) is 5.50. The first-order valence-corrected chi connectivity index (χ1v) is 6.85. The third-order valence-electron chi connectivity index (χ3n) is 2.82. The number of halogens is 1. The molecule has 3 rings (SSSR count). The maximum Gasteiger partial charge on any atom is 0.259 e. The molecule has 0 atom stereocenters. The number of rotatable bonds is 2. The van der Waals surface area contributed by atoms with Gasteiger partial charge in [-0.1, -0.05) is 6.07 Å². The van der Waals surface area contributed by atoms with E-state index in [9.17, 15) is 4.79 Å². The number of benzene rings is 1. The first-order chi connectivity index (χ1) is 9.75. The number of amides is 1. The summed E-state index contributed by atoms with van der Waals surface area (Å²) in [7, 11) is 0. The van der Waals surface area contributed by atoms with Gasteiger partial charge in [0.2, 0.25) is 0 Å². The highest BCUT2D eigenvalue weighted by Gasteiger charge is 2.20. The van der Waals surface area contributed by atoms with Gasteiger partial charge in [0.25, 0.3) is 5.91 Å². The number of hydrogen-bond acceptors (Lipinski definition) is 4. The van der Waals surface area contributed by atoms with E-state index in [4.69, 9.17) is 9.47 Å². The number of aromatic nitrogens is 1. The fourth-order valence-electron chi connectivity index (χ4n) is 1.92. The van der Waals surface area contributed by atoms with Crippen molar-refractivity contribution in [3.05, 3.63) is 46.7 Å². The van der Waals surface area contributed by atoms with Crippen LogP contribution in [0.3, 0.4) is 0 Å². The second-order valence-corrected chi connectivity index (χ2v) is 4.88. The lowest BCUT2D eigenvalue weighted by molar-refractivity contribution is 0.101. The van der Waals surface area contributed by atoms with E-state index in [0.29, 0.717) is 40.6 Å². The SMILES string of the molecule is O=C(Nc1cccnc1Br)c1cccc2c1OCCO2. The lowest BCUT2D eigenvalue weighted by atomic mass is 10.1. The van der Waals surface area contributed by atoms with Crippen LogP contribution in [0.1, 0.15) is 10.4 Å². The van der Waals surface area contributed by atoms with Crippen LogP contribution >= 0.6 is 15.9 Å². The number of carbonyl (C=O) groups excluding carboxylic acids is 1. The van der Waals surface area contributed by atoms with Gasteiger partial charge in [0.05, 0.1) is 11.3 Å². The smallest absolute Gasteiger partial charge is 0.259 e. The van der Waals surface area contributed by atoms with E-state index >= 15 is 0 Å². The predicted octanol–water partition coefficient (Wildman–Crippen LogP) is 2.87. The van der Waals surface area contributed by atoms with Gasteiger partial charge in [-0.25, -0.2) is 4.98 Å². The van der Waals surface area contributed by atoms with Gasteiger partial charge in [-0.2, -0.15) is 0 Å². The van der Waals surface area contributed by atoms with Crippen molar-refractivity contribution in [2.45, 2.75) is 0 Å². The van der Waals surface area contributed by atoms with E-state index in [2.05, 4.69) is 26.2 Å². The molecule has 102 valence electrons. The number of hydrogen-bond donors (Lipinski definition) is 1. The van der Waals surface area contributed by atoms with Gasteiger partial charge in [0.1, 0.15) is 17.8 Å². The number of nitrogens with zero attached hydrogens (tertiary/aromatic N) is 1. The van der Waals surface area contributed by atoms with Gasteiger partial charge in [0, 0.05) is 6.20 Å². The predicted molar refractivity (Wildman–Crippen MR) is 77.3 cm³/mol. The molecule has 6 heteroatoms. The van der Waals surface area contributed by atoms with Crippen molar-refractivity contribution in [3.63, 3.8) is 0 Å². The Morgan fingerprint density at radius 2 is 2.05 bits per heavy atom. The molecule has 1 amide bonds. The standard InChI is InChI=1S/C14H11BrN2O3/c15-13-10(4-2-6-16-13)17-14(18)9-3-1-5-11-12(9)20-8-7-19-11/h1-6H,7-8H2,(H,17,18). The van der Waals surface area contributed by atoms with Crippen LogP contribution < -0.4 is 14.8 Å². The van der Waals surface area contributed by atoms with Crippen molar-refractivity contribution >= 4 is 27.5 Å². The third-order valence-corrected chi connectivity index (χ3v) is 3.45. The maximum atomic E-state index is 12.3. The van der Waals surface area contributed by atoms with Crippen LogP contribution in [0, 0.1) is 0 Å². The van der Waals surface area contributed by atoms with Gasteiger partial charge >= 0.3 is 0 Å². The quantitative estimate of drug-likeness (QED) is 0.858. The average molecular weight is 335 g/mol. The number of ether oxygens (including phenoxy) is 2. The maximum absolute atomic E-state index is 12.3. The highest BCUT2D eigenvalue weighted by atomic mass is 79.9. The van der Waals surface area contributed by atoms with E-state index in [1.807, 2.05) is 0 Å². The minimum absolute atomic E-state index is 0.263. The van der Waals surface area contributed by atoms with Crippen LogP contribution in [0.5, 0.6) is 11.5 Å². The zero-order chi connectivity index (χ0) is 13.9. The van der Waals surface area contributed by atoms with Crippen molar-refractivity contribution in [1.82, 2.24) is 4.98 Å². The molecule has 5 nitrogen and oxygen atoms in total. The molecule has 1 aromatic carbocycles. The number of para-hydroxylation sites is 1. The van der Waals surface area contributed by atoms with Gasteiger partial charge < -0.3 is 14.8 Å². The molecule has 1 N–H and O–H groups in total. The fourth-order valence-corrected chi connectivity index (χ4v) is 2.27. The second-order valence-electron chi connectivity index (χ2n) is 4.13. The summed E-state index contributed by atoms with van der Waals surface area (Å²) in [5, 5.41) is 2.79. The third kappa shape index (κ3) is 2.46. The molecule has 2 heterocycles.